The molecule has 0 aliphatic heterocycles. The summed E-state index contributed by atoms with van der Waals surface area (Å²) in [5.74, 6) is 1.41. The Balaban J connectivity index is 2.51. The highest BCUT2D eigenvalue weighted by Gasteiger charge is 2.07. The van der Waals surface area contributed by atoms with E-state index in [4.69, 9.17) is 5.73 Å². The van der Waals surface area contributed by atoms with Crippen molar-refractivity contribution in [3.8, 4) is 0 Å². The van der Waals surface area contributed by atoms with Gasteiger partial charge in [0.05, 0.1) is 11.4 Å². The van der Waals surface area contributed by atoms with Gasteiger partial charge >= 0.3 is 0 Å². The highest BCUT2D eigenvalue weighted by atomic mass is 15.3. The van der Waals surface area contributed by atoms with E-state index in [2.05, 4.69) is 25.9 Å². The average molecular weight is 195 g/mol. The Hall–Kier alpha value is -0.990. The van der Waals surface area contributed by atoms with Crippen LogP contribution >= 0.6 is 0 Å². The smallest absolute Gasteiger partial charge is 0.0822 e. The molecule has 0 bridgehead atoms. The van der Waals surface area contributed by atoms with Gasteiger partial charge in [0.2, 0.25) is 0 Å². The van der Waals surface area contributed by atoms with Crippen LogP contribution in [0.1, 0.15) is 32.9 Å². The molecule has 1 heterocycles. The van der Waals surface area contributed by atoms with Crippen LogP contribution in [-0.2, 0) is 6.54 Å². The summed E-state index contributed by atoms with van der Waals surface area (Å²) < 4.78 is 1.96. The minimum Gasteiger partial charge on any atom is -0.396 e. The van der Waals surface area contributed by atoms with Crippen molar-refractivity contribution >= 4 is 5.69 Å². The van der Waals surface area contributed by atoms with Crippen LogP contribution in [0.4, 0.5) is 5.69 Å². The Kier molecular flexibility index (Phi) is 3.55. The molecular weight excluding hydrogens is 174 g/mol. The Bertz CT molecular complexity index is 269. The molecule has 0 saturated carbocycles. The first-order chi connectivity index (χ1) is 6.49. The van der Waals surface area contributed by atoms with Crippen LogP contribution in [0.25, 0.3) is 0 Å². The summed E-state index contributed by atoms with van der Waals surface area (Å²) in [4.78, 5) is 0. The quantitative estimate of drug-likeness (QED) is 0.802. The Labute approximate surface area is 86.3 Å². The molecule has 14 heavy (non-hydrogen) atoms. The third-order valence-electron chi connectivity index (χ3n) is 2.36. The molecule has 80 valence electrons. The summed E-state index contributed by atoms with van der Waals surface area (Å²) in [6.07, 6.45) is 3.16. The van der Waals surface area contributed by atoms with Crippen molar-refractivity contribution in [3.63, 3.8) is 0 Å². The van der Waals surface area contributed by atoms with Crippen LogP contribution < -0.4 is 5.73 Å². The van der Waals surface area contributed by atoms with Crippen LogP contribution in [0.15, 0.2) is 6.20 Å². The van der Waals surface area contributed by atoms with E-state index in [1.54, 1.807) is 0 Å². The van der Waals surface area contributed by atoms with Gasteiger partial charge in [0.15, 0.2) is 0 Å². The second-order valence-electron chi connectivity index (χ2n) is 4.63. The van der Waals surface area contributed by atoms with E-state index >= 15 is 0 Å². The lowest BCUT2D eigenvalue weighted by Gasteiger charge is -2.13. The molecule has 0 radical (unpaired) electrons. The molecule has 0 fully saturated rings. The van der Waals surface area contributed by atoms with Crippen molar-refractivity contribution in [2.75, 3.05) is 5.73 Å². The van der Waals surface area contributed by atoms with Crippen molar-refractivity contribution in [1.82, 2.24) is 9.78 Å². The summed E-state index contributed by atoms with van der Waals surface area (Å²) in [5.41, 5.74) is 7.46. The number of aromatic nitrogens is 2. The minimum atomic E-state index is 0.661. The lowest BCUT2D eigenvalue weighted by Crippen LogP contribution is -2.10. The number of nitrogen functional groups attached to an aromatic ring is 1. The average Bonchev–Trinajstić information content (AvgIpc) is 2.28. The van der Waals surface area contributed by atoms with Crippen LogP contribution in [0.5, 0.6) is 0 Å². The standard InChI is InChI=1S/C11H21N3/c1-8(2)5-9(3)6-14-7-11(12)10(4)13-14/h7-9H,5-6,12H2,1-4H3. The fourth-order valence-corrected chi connectivity index (χ4v) is 1.83. The van der Waals surface area contributed by atoms with Crippen LogP contribution in [0.2, 0.25) is 0 Å². The van der Waals surface area contributed by atoms with Gasteiger partial charge in [-0.1, -0.05) is 20.8 Å². The van der Waals surface area contributed by atoms with E-state index < -0.39 is 0 Å². The molecule has 1 aromatic heterocycles. The van der Waals surface area contributed by atoms with Gasteiger partial charge in [-0.15, -0.1) is 0 Å². The van der Waals surface area contributed by atoms with E-state index in [1.807, 2.05) is 17.8 Å². The van der Waals surface area contributed by atoms with E-state index in [-0.39, 0.29) is 0 Å². The number of hydrogen-bond acceptors (Lipinski definition) is 2. The van der Waals surface area contributed by atoms with Crippen molar-refractivity contribution in [2.45, 2.75) is 40.7 Å². The SMILES string of the molecule is Cc1nn(CC(C)CC(C)C)cc1N. The number of nitrogens with zero attached hydrogens (tertiary/aromatic N) is 2. The third kappa shape index (κ3) is 3.05. The van der Waals surface area contributed by atoms with Gasteiger partial charge in [-0.25, -0.2) is 0 Å². The Morgan fingerprint density at radius 1 is 1.43 bits per heavy atom. The number of anilines is 1. The van der Waals surface area contributed by atoms with E-state index in [0.29, 0.717) is 5.92 Å². The molecule has 3 nitrogen and oxygen atoms in total. The van der Waals surface area contributed by atoms with Crippen molar-refractivity contribution in [1.29, 1.82) is 0 Å². The third-order valence-corrected chi connectivity index (χ3v) is 2.36. The molecule has 1 atom stereocenters. The highest BCUT2D eigenvalue weighted by Crippen LogP contribution is 2.14. The molecule has 0 spiro atoms. The number of hydrogen-bond donors (Lipinski definition) is 1. The maximum atomic E-state index is 5.73. The van der Waals surface area contributed by atoms with Crippen molar-refractivity contribution in [3.05, 3.63) is 11.9 Å². The van der Waals surface area contributed by atoms with E-state index in [9.17, 15) is 0 Å². The minimum absolute atomic E-state index is 0.661. The van der Waals surface area contributed by atoms with Gasteiger partial charge in [-0.05, 0) is 25.2 Å². The van der Waals surface area contributed by atoms with Crippen molar-refractivity contribution in [2.24, 2.45) is 11.8 Å². The van der Waals surface area contributed by atoms with Crippen LogP contribution in [-0.4, -0.2) is 9.78 Å². The van der Waals surface area contributed by atoms with Gasteiger partial charge in [0.25, 0.3) is 0 Å². The maximum absolute atomic E-state index is 5.73. The predicted molar refractivity (Wildman–Crippen MR) is 60.0 cm³/mol. The largest absolute Gasteiger partial charge is 0.396 e. The second-order valence-corrected chi connectivity index (χ2v) is 4.63. The Morgan fingerprint density at radius 2 is 2.07 bits per heavy atom. The van der Waals surface area contributed by atoms with E-state index in [0.717, 1.165) is 23.8 Å². The normalized spacial score (nSPS) is 13.5. The topological polar surface area (TPSA) is 43.8 Å². The fourth-order valence-electron chi connectivity index (χ4n) is 1.83. The lowest BCUT2D eigenvalue weighted by atomic mass is 9.99. The summed E-state index contributed by atoms with van der Waals surface area (Å²) in [5, 5.41) is 4.35. The molecule has 2 N–H and O–H groups in total. The summed E-state index contributed by atoms with van der Waals surface area (Å²) in [6, 6.07) is 0. The zero-order chi connectivity index (χ0) is 10.7. The molecule has 1 aromatic rings. The number of nitrogens with two attached hydrogens (primary N) is 1. The molecule has 0 saturated heterocycles. The molecule has 0 aromatic carbocycles. The summed E-state index contributed by atoms with van der Waals surface area (Å²) >= 11 is 0. The molecule has 1 unspecified atom stereocenters. The number of rotatable bonds is 4. The van der Waals surface area contributed by atoms with Gasteiger partial charge in [0.1, 0.15) is 0 Å². The second kappa shape index (κ2) is 4.49. The molecule has 3 heteroatoms. The Morgan fingerprint density at radius 3 is 2.50 bits per heavy atom. The summed E-state index contributed by atoms with van der Waals surface area (Å²) in [7, 11) is 0. The summed E-state index contributed by atoms with van der Waals surface area (Å²) in [6.45, 7) is 9.67. The van der Waals surface area contributed by atoms with Gasteiger partial charge in [-0.2, -0.15) is 5.10 Å². The highest BCUT2D eigenvalue weighted by molar-refractivity contribution is 5.39. The van der Waals surface area contributed by atoms with Crippen LogP contribution in [0.3, 0.4) is 0 Å². The zero-order valence-electron chi connectivity index (χ0n) is 9.62. The number of aryl methyl sites for hydroxylation is 1. The molecule has 0 aliphatic rings. The predicted octanol–water partition coefficient (Wildman–Crippen LogP) is 2.46. The molecule has 1 rings (SSSR count). The van der Waals surface area contributed by atoms with Gasteiger partial charge in [0, 0.05) is 12.7 Å². The molecule has 0 amide bonds. The van der Waals surface area contributed by atoms with Gasteiger partial charge in [-0.3, -0.25) is 4.68 Å². The van der Waals surface area contributed by atoms with Crippen molar-refractivity contribution < 1.29 is 0 Å². The monoisotopic (exact) mass is 195 g/mol. The first kappa shape index (κ1) is 11.1. The first-order valence-electron chi connectivity index (χ1n) is 5.28. The fraction of sp³-hybridized carbons (Fsp3) is 0.727. The van der Waals surface area contributed by atoms with E-state index in [1.165, 1.54) is 6.42 Å². The van der Waals surface area contributed by atoms with Crippen LogP contribution in [0, 0.1) is 18.8 Å². The molecular formula is C11H21N3. The maximum Gasteiger partial charge on any atom is 0.0822 e. The first-order valence-corrected chi connectivity index (χ1v) is 5.28. The van der Waals surface area contributed by atoms with Gasteiger partial charge < -0.3 is 5.73 Å². The molecule has 0 aliphatic carbocycles. The zero-order valence-corrected chi connectivity index (χ0v) is 9.62. The lowest BCUT2D eigenvalue weighted by molar-refractivity contribution is 0.373.